The summed E-state index contributed by atoms with van der Waals surface area (Å²) in [5, 5.41) is 7.37. The van der Waals surface area contributed by atoms with E-state index < -0.39 is 0 Å². The Labute approximate surface area is 128 Å². The number of nitrogens with zero attached hydrogens (tertiary/aromatic N) is 5. The number of aromatic nitrogens is 4. The summed E-state index contributed by atoms with van der Waals surface area (Å²) in [5.41, 5.74) is 0. The Balaban J connectivity index is 1.52. The molecule has 1 saturated carbocycles. The van der Waals surface area contributed by atoms with Crippen LogP contribution in [0.3, 0.4) is 0 Å². The first-order chi connectivity index (χ1) is 10.8. The summed E-state index contributed by atoms with van der Waals surface area (Å²) in [7, 11) is 0. The van der Waals surface area contributed by atoms with Crippen LogP contribution in [-0.4, -0.2) is 42.8 Å². The summed E-state index contributed by atoms with van der Waals surface area (Å²) < 4.78 is 4.09. The van der Waals surface area contributed by atoms with E-state index >= 15 is 0 Å². The zero-order chi connectivity index (χ0) is 14.9. The maximum Gasteiger partial charge on any atom is 0.318 e. The molecule has 22 heavy (non-hydrogen) atoms. The largest absolute Gasteiger partial charge is 0.335 e. The summed E-state index contributed by atoms with van der Waals surface area (Å²) in [6.07, 6.45) is 9.76. The second-order valence-corrected chi connectivity index (χ2v) is 6.19. The average molecular weight is 300 g/mol. The number of hydrogen-bond acceptors (Lipinski definition) is 3. The van der Waals surface area contributed by atoms with Crippen LogP contribution >= 0.6 is 0 Å². The quantitative estimate of drug-likeness (QED) is 0.922. The van der Waals surface area contributed by atoms with Crippen LogP contribution < -0.4 is 5.32 Å². The lowest BCUT2D eigenvalue weighted by Gasteiger charge is -2.24. The number of fused-ring (bicyclic) bond motifs is 1. The van der Waals surface area contributed by atoms with Gasteiger partial charge in [-0.1, -0.05) is 0 Å². The predicted octanol–water partition coefficient (Wildman–Crippen LogP) is 1.08. The van der Waals surface area contributed by atoms with Gasteiger partial charge in [0.05, 0.1) is 6.54 Å². The highest BCUT2D eigenvalue weighted by molar-refractivity contribution is 5.74. The molecule has 7 heteroatoms. The van der Waals surface area contributed by atoms with Crippen molar-refractivity contribution in [1.29, 1.82) is 0 Å². The number of carbonyl (C=O) groups excluding carboxylic acids is 1. The van der Waals surface area contributed by atoms with Gasteiger partial charge in [0.15, 0.2) is 0 Å². The molecular weight excluding hydrogens is 280 g/mol. The van der Waals surface area contributed by atoms with Crippen LogP contribution in [0.2, 0.25) is 0 Å². The van der Waals surface area contributed by atoms with Gasteiger partial charge in [-0.25, -0.2) is 9.78 Å². The fourth-order valence-corrected chi connectivity index (χ4v) is 2.98. The van der Waals surface area contributed by atoms with Gasteiger partial charge in [0.25, 0.3) is 0 Å². The van der Waals surface area contributed by atoms with Crippen LogP contribution in [0, 0.1) is 5.92 Å². The van der Waals surface area contributed by atoms with E-state index in [-0.39, 0.29) is 6.03 Å². The van der Waals surface area contributed by atoms with Crippen LogP contribution in [-0.2, 0) is 19.6 Å². The summed E-state index contributed by atoms with van der Waals surface area (Å²) in [5.74, 6) is 1.27. The van der Waals surface area contributed by atoms with Gasteiger partial charge < -0.3 is 14.8 Å². The highest BCUT2D eigenvalue weighted by Gasteiger charge is 2.30. The van der Waals surface area contributed by atoms with Crippen LogP contribution in [0.4, 0.5) is 4.79 Å². The number of urea groups is 1. The van der Waals surface area contributed by atoms with Crippen molar-refractivity contribution in [1.82, 2.24) is 29.5 Å². The molecule has 1 fully saturated rings. The van der Waals surface area contributed by atoms with Gasteiger partial charge in [-0.05, 0) is 18.9 Å². The normalized spacial score (nSPS) is 21.3. The minimum atomic E-state index is 0.0319. The lowest BCUT2D eigenvalue weighted by Crippen LogP contribution is -2.43. The molecule has 7 nitrogen and oxygen atoms in total. The summed E-state index contributed by atoms with van der Waals surface area (Å²) >= 11 is 0. The van der Waals surface area contributed by atoms with Gasteiger partial charge in [0.1, 0.15) is 5.82 Å². The van der Waals surface area contributed by atoms with Crippen molar-refractivity contribution in [2.45, 2.75) is 38.5 Å². The van der Waals surface area contributed by atoms with Crippen molar-refractivity contribution in [2.75, 3.05) is 6.54 Å². The molecule has 116 valence electrons. The minimum Gasteiger partial charge on any atom is -0.335 e. The Kier molecular flexibility index (Phi) is 3.32. The number of hydrogen-bond donors (Lipinski definition) is 1. The van der Waals surface area contributed by atoms with E-state index in [0.717, 1.165) is 38.3 Å². The van der Waals surface area contributed by atoms with Gasteiger partial charge in [-0.3, -0.25) is 4.68 Å². The molecule has 2 amide bonds. The Morgan fingerprint density at radius 2 is 2.18 bits per heavy atom. The number of imidazole rings is 1. The van der Waals surface area contributed by atoms with Crippen LogP contribution in [0.25, 0.3) is 0 Å². The van der Waals surface area contributed by atoms with E-state index in [1.165, 1.54) is 0 Å². The number of amides is 2. The fourth-order valence-electron chi connectivity index (χ4n) is 2.98. The molecule has 3 heterocycles. The highest BCUT2D eigenvalue weighted by Crippen LogP contribution is 2.21. The lowest BCUT2D eigenvalue weighted by molar-refractivity contribution is 0.181. The molecule has 1 unspecified atom stereocenters. The first-order valence-corrected chi connectivity index (χ1v) is 7.81. The van der Waals surface area contributed by atoms with Crippen LogP contribution in [0.5, 0.6) is 0 Å². The highest BCUT2D eigenvalue weighted by atomic mass is 16.2. The van der Waals surface area contributed by atoms with E-state index in [4.69, 9.17) is 0 Å². The molecule has 4 rings (SSSR count). The fraction of sp³-hybridized carbons (Fsp3) is 0.533. The lowest BCUT2D eigenvalue weighted by atomic mass is 10.1. The molecule has 2 aromatic rings. The third-order valence-electron chi connectivity index (χ3n) is 4.26. The van der Waals surface area contributed by atoms with Gasteiger partial charge in [0, 0.05) is 56.4 Å². The SMILES string of the molecule is O=C(NC1CC1)N1Cc2nccn2CC(Cn2cccn2)C1. The summed E-state index contributed by atoms with van der Waals surface area (Å²) in [6, 6.07) is 2.33. The number of carbonyl (C=O) groups is 1. The molecule has 0 spiro atoms. The van der Waals surface area contributed by atoms with Crippen molar-refractivity contribution in [3.8, 4) is 0 Å². The molecule has 0 bridgehead atoms. The zero-order valence-corrected chi connectivity index (χ0v) is 12.4. The Hall–Kier alpha value is -2.31. The van der Waals surface area contributed by atoms with E-state index in [9.17, 15) is 4.79 Å². The van der Waals surface area contributed by atoms with Crippen LogP contribution in [0.15, 0.2) is 30.9 Å². The van der Waals surface area contributed by atoms with Crippen molar-refractivity contribution in [3.63, 3.8) is 0 Å². The Morgan fingerprint density at radius 1 is 1.27 bits per heavy atom. The first kappa shape index (κ1) is 13.4. The monoisotopic (exact) mass is 300 g/mol. The number of nitrogens with one attached hydrogen (secondary N) is 1. The zero-order valence-electron chi connectivity index (χ0n) is 12.4. The standard InChI is InChI=1S/C15H20N6O/c22-15(18-13-2-3-13)20-9-12(10-21-6-1-4-17-21)8-19-7-5-16-14(19)11-20/h1,4-7,12-13H,2-3,8-11H2,(H,18,22). The second-order valence-electron chi connectivity index (χ2n) is 6.19. The maximum atomic E-state index is 12.4. The maximum absolute atomic E-state index is 12.4. The van der Waals surface area contributed by atoms with E-state index in [1.807, 2.05) is 34.2 Å². The molecule has 1 aliphatic heterocycles. The van der Waals surface area contributed by atoms with Crippen LogP contribution in [0.1, 0.15) is 18.7 Å². The third-order valence-corrected chi connectivity index (χ3v) is 4.26. The topological polar surface area (TPSA) is 68.0 Å². The van der Waals surface area contributed by atoms with Crippen molar-refractivity contribution >= 4 is 6.03 Å². The Bertz CT molecular complexity index is 645. The van der Waals surface area contributed by atoms with Gasteiger partial charge in [-0.2, -0.15) is 5.10 Å². The molecule has 0 aromatic carbocycles. The Morgan fingerprint density at radius 3 is 2.95 bits per heavy atom. The van der Waals surface area contributed by atoms with E-state index in [2.05, 4.69) is 20.0 Å². The predicted molar refractivity (Wildman–Crippen MR) is 79.9 cm³/mol. The molecule has 1 N–H and O–H groups in total. The molecule has 1 atom stereocenters. The average Bonchev–Trinajstić information content (AvgIpc) is 3.03. The minimum absolute atomic E-state index is 0.0319. The number of rotatable bonds is 3. The van der Waals surface area contributed by atoms with Gasteiger partial charge >= 0.3 is 6.03 Å². The molecule has 0 saturated heterocycles. The molecule has 2 aromatic heterocycles. The second kappa shape index (κ2) is 5.47. The first-order valence-electron chi connectivity index (χ1n) is 7.81. The summed E-state index contributed by atoms with van der Waals surface area (Å²) in [4.78, 5) is 18.7. The van der Waals surface area contributed by atoms with Crippen molar-refractivity contribution in [3.05, 3.63) is 36.7 Å². The van der Waals surface area contributed by atoms with Crippen molar-refractivity contribution < 1.29 is 4.79 Å². The third kappa shape index (κ3) is 2.84. The molecule has 1 aliphatic carbocycles. The van der Waals surface area contributed by atoms with Gasteiger partial charge in [-0.15, -0.1) is 0 Å². The molecular formula is C15H20N6O. The molecule has 2 aliphatic rings. The van der Waals surface area contributed by atoms with Crippen molar-refractivity contribution in [2.24, 2.45) is 5.92 Å². The van der Waals surface area contributed by atoms with E-state index in [1.54, 1.807) is 6.20 Å². The van der Waals surface area contributed by atoms with E-state index in [0.29, 0.717) is 18.5 Å². The molecule has 0 radical (unpaired) electrons. The van der Waals surface area contributed by atoms with Gasteiger partial charge in [0.2, 0.25) is 0 Å². The smallest absolute Gasteiger partial charge is 0.318 e. The summed E-state index contributed by atoms with van der Waals surface area (Å²) in [6.45, 7) is 2.96.